The van der Waals surface area contributed by atoms with Gasteiger partial charge in [0.1, 0.15) is 5.75 Å². The number of rotatable bonds is 5. The van der Waals surface area contributed by atoms with E-state index in [9.17, 15) is 5.11 Å². The Morgan fingerprint density at radius 3 is 2.45 bits per heavy atom. The minimum atomic E-state index is 0.342. The predicted octanol–water partition coefficient (Wildman–Crippen LogP) is 5.44. The SMILES string of the molecule is Oc1cc(NCCC2CCCCC2)ccc1-c1ccccc1. The van der Waals surface area contributed by atoms with Gasteiger partial charge in [-0.15, -0.1) is 0 Å². The van der Waals surface area contributed by atoms with E-state index in [1.807, 2.05) is 42.5 Å². The van der Waals surface area contributed by atoms with Gasteiger partial charge in [-0.1, -0.05) is 62.4 Å². The third-order valence-corrected chi connectivity index (χ3v) is 4.69. The molecule has 1 aliphatic carbocycles. The van der Waals surface area contributed by atoms with Crippen LogP contribution in [0.1, 0.15) is 38.5 Å². The van der Waals surface area contributed by atoms with E-state index in [1.54, 1.807) is 0 Å². The molecule has 2 heteroatoms. The highest BCUT2D eigenvalue weighted by atomic mass is 16.3. The van der Waals surface area contributed by atoms with E-state index >= 15 is 0 Å². The molecule has 2 nitrogen and oxygen atoms in total. The van der Waals surface area contributed by atoms with Crippen LogP contribution < -0.4 is 5.32 Å². The lowest BCUT2D eigenvalue weighted by Gasteiger charge is -2.21. The van der Waals surface area contributed by atoms with Crippen LogP contribution in [0.15, 0.2) is 48.5 Å². The largest absolute Gasteiger partial charge is 0.507 e. The van der Waals surface area contributed by atoms with Crippen LogP contribution in [0.2, 0.25) is 0 Å². The summed E-state index contributed by atoms with van der Waals surface area (Å²) in [6.45, 7) is 0.995. The Hall–Kier alpha value is -1.96. The first-order valence-corrected chi connectivity index (χ1v) is 8.45. The number of hydrogen-bond acceptors (Lipinski definition) is 2. The number of phenolic OH excluding ortho intramolecular Hbond substituents is 1. The summed E-state index contributed by atoms with van der Waals surface area (Å²) in [5.41, 5.74) is 2.94. The number of anilines is 1. The van der Waals surface area contributed by atoms with E-state index in [0.717, 1.165) is 29.3 Å². The maximum atomic E-state index is 10.3. The van der Waals surface area contributed by atoms with E-state index < -0.39 is 0 Å². The van der Waals surface area contributed by atoms with Gasteiger partial charge in [-0.05, 0) is 30.0 Å². The highest BCUT2D eigenvalue weighted by molar-refractivity contribution is 5.72. The molecule has 0 heterocycles. The van der Waals surface area contributed by atoms with Gasteiger partial charge in [0.05, 0.1) is 0 Å². The van der Waals surface area contributed by atoms with Crippen LogP contribution in [0, 0.1) is 5.92 Å². The third kappa shape index (κ3) is 3.82. The van der Waals surface area contributed by atoms with Gasteiger partial charge >= 0.3 is 0 Å². The molecule has 0 atom stereocenters. The van der Waals surface area contributed by atoms with Crippen molar-refractivity contribution in [1.29, 1.82) is 0 Å². The molecule has 1 fully saturated rings. The smallest absolute Gasteiger partial charge is 0.125 e. The molecule has 0 amide bonds. The van der Waals surface area contributed by atoms with Gasteiger partial charge in [-0.3, -0.25) is 0 Å². The van der Waals surface area contributed by atoms with Gasteiger partial charge in [-0.25, -0.2) is 0 Å². The van der Waals surface area contributed by atoms with Crippen LogP contribution in [0.25, 0.3) is 11.1 Å². The maximum Gasteiger partial charge on any atom is 0.125 e. The fourth-order valence-electron chi connectivity index (χ4n) is 3.40. The minimum Gasteiger partial charge on any atom is -0.507 e. The maximum absolute atomic E-state index is 10.3. The number of benzene rings is 2. The summed E-state index contributed by atoms with van der Waals surface area (Å²) in [4.78, 5) is 0. The Morgan fingerprint density at radius 2 is 1.73 bits per heavy atom. The topological polar surface area (TPSA) is 32.3 Å². The standard InChI is InChI=1S/C20H25NO/c22-20-15-18(21-14-13-16-7-3-1-4-8-16)11-12-19(20)17-9-5-2-6-10-17/h2,5-6,9-12,15-16,21-22H,1,3-4,7-8,13-14H2. The minimum absolute atomic E-state index is 0.342. The fraction of sp³-hybridized carbons (Fsp3) is 0.400. The van der Waals surface area contributed by atoms with Gasteiger partial charge < -0.3 is 10.4 Å². The molecule has 1 aliphatic rings. The summed E-state index contributed by atoms with van der Waals surface area (Å²) in [6, 6.07) is 15.9. The molecule has 2 N–H and O–H groups in total. The van der Waals surface area contributed by atoms with E-state index in [-0.39, 0.29) is 0 Å². The van der Waals surface area contributed by atoms with Gasteiger partial charge in [0.2, 0.25) is 0 Å². The molecule has 0 spiro atoms. The Kier molecular flexibility index (Phi) is 4.99. The van der Waals surface area contributed by atoms with E-state index in [4.69, 9.17) is 0 Å². The molecule has 116 valence electrons. The second-order valence-corrected chi connectivity index (χ2v) is 6.32. The van der Waals surface area contributed by atoms with Gasteiger partial charge in [0, 0.05) is 23.9 Å². The lowest BCUT2D eigenvalue weighted by Crippen LogP contribution is -2.12. The summed E-state index contributed by atoms with van der Waals surface area (Å²) < 4.78 is 0. The molecule has 3 rings (SSSR count). The third-order valence-electron chi connectivity index (χ3n) is 4.69. The number of aromatic hydroxyl groups is 1. The van der Waals surface area contributed by atoms with Crippen molar-refractivity contribution in [2.75, 3.05) is 11.9 Å². The quantitative estimate of drug-likeness (QED) is 0.769. The van der Waals surface area contributed by atoms with E-state index in [1.165, 1.54) is 38.5 Å². The fourth-order valence-corrected chi connectivity index (χ4v) is 3.40. The first kappa shape index (κ1) is 15.0. The van der Waals surface area contributed by atoms with Crippen LogP contribution in [-0.4, -0.2) is 11.7 Å². The van der Waals surface area contributed by atoms with Crippen molar-refractivity contribution in [3.63, 3.8) is 0 Å². The van der Waals surface area contributed by atoms with Crippen LogP contribution in [0.3, 0.4) is 0 Å². The molecule has 1 saturated carbocycles. The number of nitrogens with one attached hydrogen (secondary N) is 1. The van der Waals surface area contributed by atoms with Crippen molar-refractivity contribution in [3.8, 4) is 16.9 Å². The van der Waals surface area contributed by atoms with Crippen LogP contribution in [-0.2, 0) is 0 Å². The average Bonchev–Trinajstić information content (AvgIpc) is 2.57. The van der Waals surface area contributed by atoms with Crippen molar-refractivity contribution in [3.05, 3.63) is 48.5 Å². The highest BCUT2D eigenvalue weighted by Crippen LogP contribution is 2.31. The molecule has 0 aromatic heterocycles. The summed E-state index contributed by atoms with van der Waals surface area (Å²) in [5.74, 6) is 1.23. The average molecular weight is 295 g/mol. The van der Waals surface area contributed by atoms with Crippen LogP contribution in [0.4, 0.5) is 5.69 Å². The molecule has 0 radical (unpaired) electrons. The normalized spacial score (nSPS) is 15.6. The van der Waals surface area contributed by atoms with Gasteiger partial charge in [-0.2, -0.15) is 0 Å². The lowest BCUT2D eigenvalue weighted by molar-refractivity contribution is 0.345. The van der Waals surface area contributed by atoms with Gasteiger partial charge in [0.15, 0.2) is 0 Å². The Labute approximate surface area is 133 Å². The first-order chi connectivity index (χ1) is 10.8. The zero-order chi connectivity index (χ0) is 15.2. The Balaban J connectivity index is 1.57. The molecule has 0 bridgehead atoms. The first-order valence-electron chi connectivity index (χ1n) is 8.45. The lowest BCUT2D eigenvalue weighted by atomic mass is 9.87. The Morgan fingerprint density at radius 1 is 0.955 bits per heavy atom. The van der Waals surface area contributed by atoms with Crippen molar-refractivity contribution in [2.45, 2.75) is 38.5 Å². The van der Waals surface area contributed by atoms with Crippen molar-refractivity contribution < 1.29 is 5.11 Å². The summed E-state index contributed by atoms with van der Waals surface area (Å²) in [5, 5.41) is 13.7. The number of phenols is 1. The number of hydrogen-bond donors (Lipinski definition) is 2. The zero-order valence-corrected chi connectivity index (χ0v) is 13.1. The van der Waals surface area contributed by atoms with Gasteiger partial charge in [0.25, 0.3) is 0 Å². The molecule has 0 aliphatic heterocycles. The molecule has 2 aromatic rings. The second kappa shape index (κ2) is 7.35. The predicted molar refractivity (Wildman–Crippen MR) is 93.2 cm³/mol. The van der Waals surface area contributed by atoms with Crippen molar-refractivity contribution in [1.82, 2.24) is 0 Å². The zero-order valence-electron chi connectivity index (χ0n) is 13.1. The van der Waals surface area contributed by atoms with Crippen molar-refractivity contribution >= 4 is 5.69 Å². The van der Waals surface area contributed by atoms with E-state index in [0.29, 0.717) is 5.75 Å². The molecular weight excluding hydrogens is 270 g/mol. The second-order valence-electron chi connectivity index (χ2n) is 6.32. The summed E-state index contributed by atoms with van der Waals surface area (Å²) in [7, 11) is 0. The monoisotopic (exact) mass is 295 g/mol. The summed E-state index contributed by atoms with van der Waals surface area (Å²) in [6.07, 6.45) is 8.23. The van der Waals surface area contributed by atoms with Crippen molar-refractivity contribution in [2.24, 2.45) is 5.92 Å². The van der Waals surface area contributed by atoms with Crippen LogP contribution >= 0.6 is 0 Å². The molecular formula is C20H25NO. The molecule has 2 aromatic carbocycles. The molecule has 22 heavy (non-hydrogen) atoms. The molecule has 0 saturated heterocycles. The molecule has 0 unspecified atom stereocenters. The van der Waals surface area contributed by atoms with E-state index in [2.05, 4.69) is 11.4 Å². The van der Waals surface area contributed by atoms with Crippen LogP contribution in [0.5, 0.6) is 5.75 Å². The summed E-state index contributed by atoms with van der Waals surface area (Å²) >= 11 is 0. The Bertz CT molecular complexity index is 588. The highest BCUT2D eigenvalue weighted by Gasteiger charge is 2.12.